The molecule has 0 amide bonds. The lowest BCUT2D eigenvalue weighted by molar-refractivity contribution is 0.735. The van der Waals surface area contributed by atoms with Crippen molar-refractivity contribution in [3.8, 4) is 18.4 Å². The molecule has 0 spiro atoms. The molecule has 0 saturated carbocycles. The molecule has 1 N–H and O–H groups in total. The maximum Gasteiger partial charge on any atom is 0.128 e. The van der Waals surface area contributed by atoms with Gasteiger partial charge in [0.2, 0.25) is 0 Å². The summed E-state index contributed by atoms with van der Waals surface area (Å²) in [6, 6.07) is 5.50. The van der Waals surface area contributed by atoms with Gasteiger partial charge in [0.25, 0.3) is 0 Å². The van der Waals surface area contributed by atoms with Crippen LogP contribution in [0.2, 0.25) is 0 Å². The predicted octanol–water partition coefficient (Wildman–Crippen LogP) is 2.09. The molecule has 0 aliphatic heterocycles. The molecule has 0 aliphatic rings. The van der Waals surface area contributed by atoms with Crippen molar-refractivity contribution in [2.45, 2.75) is 26.3 Å². The van der Waals surface area contributed by atoms with E-state index in [2.05, 4.69) is 22.3 Å². The Bertz CT molecular complexity index is 447. The highest BCUT2D eigenvalue weighted by Gasteiger charge is 2.14. The molecule has 1 rings (SSSR count). The molecular formula is C12H13N3. The third-order valence-electron chi connectivity index (χ3n) is 1.88. The van der Waals surface area contributed by atoms with Crippen molar-refractivity contribution < 1.29 is 0 Å². The zero-order valence-electron chi connectivity index (χ0n) is 9.13. The summed E-state index contributed by atoms with van der Waals surface area (Å²) in [5, 5.41) is 11.9. The lowest BCUT2D eigenvalue weighted by Gasteiger charge is -2.20. The van der Waals surface area contributed by atoms with Gasteiger partial charge in [-0.3, -0.25) is 0 Å². The Balaban J connectivity index is 3.03. The summed E-state index contributed by atoms with van der Waals surface area (Å²) < 4.78 is 0. The zero-order chi connectivity index (χ0) is 11.5. The minimum Gasteiger partial charge on any atom is -0.354 e. The van der Waals surface area contributed by atoms with E-state index >= 15 is 0 Å². The Morgan fingerprint density at radius 2 is 2.13 bits per heavy atom. The van der Waals surface area contributed by atoms with Crippen LogP contribution in [0.3, 0.4) is 0 Å². The van der Waals surface area contributed by atoms with Gasteiger partial charge in [-0.05, 0) is 32.9 Å². The SMILES string of the molecule is C#CC(C)(C)Nc1cc(C#N)cc(C)n1. The largest absolute Gasteiger partial charge is 0.354 e. The minimum atomic E-state index is -0.465. The van der Waals surface area contributed by atoms with Gasteiger partial charge in [0.15, 0.2) is 0 Å². The molecule has 1 heterocycles. The second-order valence-corrected chi connectivity index (χ2v) is 3.89. The standard InChI is InChI=1S/C12H13N3/c1-5-12(3,4)15-11-7-10(8-13)6-9(2)14-11/h1,6-7H,2-4H3,(H,14,15). The van der Waals surface area contributed by atoms with Crippen LogP contribution in [0.25, 0.3) is 0 Å². The second kappa shape index (κ2) is 4.02. The Morgan fingerprint density at radius 1 is 1.47 bits per heavy atom. The van der Waals surface area contributed by atoms with Gasteiger partial charge >= 0.3 is 0 Å². The summed E-state index contributed by atoms with van der Waals surface area (Å²) in [6.45, 7) is 5.60. The van der Waals surface area contributed by atoms with Crippen molar-refractivity contribution in [2.75, 3.05) is 5.32 Å². The lowest BCUT2D eigenvalue weighted by Crippen LogP contribution is -2.29. The number of pyridine rings is 1. The van der Waals surface area contributed by atoms with Gasteiger partial charge in [-0.25, -0.2) is 4.98 Å². The molecule has 0 fully saturated rings. The average Bonchev–Trinajstić information content (AvgIpc) is 2.16. The van der Waals surface area contributed by atoms with E-state index in [1.807, 2.05) is 20.8 Å². The number of aromatic nitrogens is 1. The van der Waals surface area contributed by atoms with Crippen LogP contribution in [0.5, 0.6) is 0 Å². The number of rotatable bonds is 2. The number of anilines is 1. The molecule has 0 aliphatic carbocycles. The van der Waals surface area contributed by atoms with E-state index in [0.29, 0.717) is 11.4 Å². The normalized spacial score (nSPS) is 10.2. The van der Waals surface area contributed by atoms with Gasteiger partial charge in [0, 0.05) is 5.69 Å². The van der Waals surface area contributed by atoms with Crippen LogP contribution in [0.4, 0.5) is 5.82 Å². The van der Waals surface area contributed by atoms with Gasteiger partial charge in [-0.1, -0.05) is 5.92 Å². The highest BCUT2D eigenvalue weighted by Crippen LogP contribution is 2.14. The molecule has 3 nitrogen and oxygen atoms in total. The predicted molar refractivity (Wildman–Crippen MR) is 60.2 cm³/mol. The van der Waals surface area contributed by atoms with Crippen LogP contribution in [-0.2, 0) is 0 Å². The van der Waals surface area contributed by atoms with Gasteiger partial charge in [0.1, 0.15) is 5.82 Å². The first-order chi connectivity index (χ1) is 6.96. The molecule has 0 saturated heterocycles. The first-order valence-electron chi connectivity index (χ1n) is 4.61. The van der Waals surface area contributed by atoms with Crippen molar-refractivity contribution in [3.63, 3.8) is 0 Å². The van der Waals surface area contributed by atoms with E-state index in [4.69, 9.17) is 11.7 Å². The summed E-state index contributed by atoms with van der Waals surface area (Å²) in [7, 11) is 0. The summed E-state index contributed by atoms with van der Waals surface area (Å²) in [5.74, 6) is 3.25. The molecule has 3 heteroatoms. The third kappa shape index (κ3) is 3.00. The zero-order valence-corrected chi connectivity index (χ0v) is 9.13. The first kappa shape index (κ1) is 11.1. The number of hydrogen-bond acceptors (Lipinski definition) is 3. The Labute approximate surface area is 90.1 Å². The van der Waals surface area contributed by atoms with Crippen LogP contribution < -0.4 is 5.32 Å². The van der Waals surface area contributed by atoms with Crippen LogP contribution in [0.1, 0.15) is 25.1 Å². The van der Waals surface area contributed by atoms with E-state index in [1.54, 1.807) is 12.1 Å². The Kier molecular flexibility index (Phi) is 2.97. The van der Waals surface area contributed by atoms with E-state index in [0.717, 1.165) is 5.69 Å². The lowest BCUT2D eigenvalue weighted by atomic mass is 10.1. The Morgan fingerprint density at radius 3 is 2.67 bits per heavy atom. The molecule has 0 radical (unpaired) electrons. The number of nitrogens with zero attached hydrogens (tertiary/aromatic N) is 2. The molecule has 15 heavy (non-hydrogen) atoms. The topological polar surface area (TPSA) is 48.7 Å². The van der Waals surface area contributed by atoms with Gasteiger partial charge in [0.05, 0.1) is 17.2 Å². The van der Waals surface area contributed by atoms with Gasteiger partial charge < -0.3 is 5.32 Å². The van der Waals surface area contributed by atoms with Crippen molar-refractivity contribution >= 4 is 5.82 Å². The number of nitrogens with one attached hydrogen (secondary N) is 1. The van der Waals surface area contributed by atoms with Gasteiger partial charge in [-0.2, -0.15) is 5.26 Å². The van der Waals surface area contributed by atoms with E-state index in [1.165, 1.54) is 0 Å². The van der Waals surface area contributed by atoms with E-state index in [-0.39, 0.29) is 0 Å². The van der Waals surface area contributed by atoms with Crippen LogP contribution >= 0.6 is 0 Å². The molecule has 0 bridgehead atoms. The molecular weight excluding hydrogens is 186 g/mol. The van der Waals surface area contributed by atoms with Crippen molar-refractivity contribution in [3.05, 3.63) is 23.4 Å². The maximum atomic E-state index is 8.80. The third-order valence-corrected chi connectivity index (χ3v) is 1.88. The van der Waals surface area contributed by atoms with Crippen LogP contribution in [0.15, 0.2) is 12.1 Å². The quantitative estimate of drug-likeness (QED) is 0.742. The monoisotopic (exact) mass is 199 g/mol. The molecule has 0 aromatic carbocycles. The van der Waals surface area contributed by atoms with Crippen LogP contribution in [0, 0.1) is 30.6 Å². The summed E-state index contributed by atoms with van der Waals surface area (Å²) >= 11 is 0. The molecule has 0 atom stereocenters. The van der Waals surface area contributed by atoms with E-state index in [9.17, 15) is 0 Å². The Hall–Kier alpha value is -2.00. The minimum absolute atomic E-state index is 0.465. The smallest absolute Gasteiger partial charge is 0.128 e. The average molecular weight is 199 g/mol. The molecule has 1 aromatic heterocycles. The van der Waals surface area contributed by atoms with Crippen molar-refractivity contribution in [1.29, 1.82) is 5.26 Å². The number of aryl methyl sites for hydroxylation is 1. The fourth-order valence-corrected chi connectivity index (χ4v) is 1.15. The highest BCUT2D eigenvalue weighted by molar-refractivity contribution is 5.47. The summed E-state index contributed by atoms with van der Waals surface area (Å²) in [5.41, 5.74) is 0.912. The fourth-order valence-electron chi connectivity index (χ4n) is 1.15. The fraction of sp³-hybridized carbons (Fsp3) is 0.333. The second-order valence-electron chi connectivity index (χ2n) is 3.89. The summed E-state index contributed by atoms with van der Waals surface area (Å²) in [6.07, 6.45) is 5.36. The van der Waals surface area contributed by atoms with Crippen molar-refractivity contribution in [2.24, 2.45) is 0 Å². The molecule has 76 valence electrons. The van der Waals surface area contributed by atoms with Gasteiger partial charge in [-0.15, -0.1) is 6.42 Å². The van der Waals surface area contributed by atoms with E-state index < -0.39 is 5.54 Å². The maximum absolute atomic E-state index is 8.80. The van der Waals surface area contributed by atoms with Crippen molar-refractivity contribution in [1.82, 2.24) is 4.98 Å². The highest BCUT2D eigenvalue weighted by atomic mass is 15.0. The summed E-state index contributed by atoms with van der Waals surface area (Å²) in [4.78, 5) is 4.26. The molecule has 0 unspecified atom stereocenters. The number of nitriles is 1. The molecule has 1 aromatic rings. The van der Waals surface area contributed by atoms with Crippen LogP contribution in [-0.4, -0.2) is 10.5 Å². The first-order valence-corrected chi connectivity index (χ1v) is 4.61. The number of terminal acetylenes is 1. The number of hydrogen-bond donors (Lipinski definition) is 1.